The van der Waals surface area contributed by atoms with Crippen LogP contribution in [0.3, 0.4) is 0 Å². The van der Waals surface area contributed by atoms with E-state index in [1.807, 2.05) is 0 Å². The molecule has 1 aromatic heterocycles. The van der Waals surface area contributed by atoms with Gasteiger partial charge in [0.05, 0.1) is 5.02 Å². The summed E-state index contributed by atoms with van der Waals surface area (Å²) < 4.78 is 11.7. The number of hydrogen-bond donors (Lipinski definition) is 2. The van der Waals surface area contributed by atoms with Crippen LogP contribution >= 0.6 is 23.2 Å². The molecule has 0 radical (unpaired) electrons. The third-order valence-corrected chi connectivity index (χ3v) is 2.04. The van der Waals surface area contributed by atoms with E-state index >= 15 is 0 Å². The fourth-order valence-electron chi connectivity index (χ4n) is 0.782. The van der Waals surface area contributed by atoms with E-state index in [4.69, 9.17) is 23.2 Å². The summed E-state index contributed by atoms with van der Waals surface area (Å²) in [5.74, 6) is -0.425. The summed E-state index contributed by atoms with van der Waals surface area (Å²) in [7, 11) is 0. The van der Waals surface area contributed by atoms with Crippen molar-refractivity contribution >= 4 is 29.1 Å². The van der Waals surface area contributed by atoms with E-state index in [0.29, 0.717) is 0 Å². The predicted octanol–water partition coefficient (Wildman–Crippen LogP) is 2.02. The minimum atomic E-state index is -0.603. The maximum absolute atomic E-state index is 11.7. The van der Waals surface area contributed by atoms with Gasteiger partial charge in [0.25, 0.3) is 5.91 Å². The van der Waals surface area contributed by atoms with Gasteiger partial charge in [0.2, 0.25) is 0 Å². The zero-order valence-electron chi connectivity index (χ0n) is 6.53. The van der Waals surface area contributed by atoms with Gasteiger partial charge >= 0.3 is 0 Å². The molecule has 0 fully saturated rings. The summed E-state index contributed by atoms with van der Waals surface area (Å²) in [4.78, 5) is 13.7. The third kappa shape index (κ3) is 2.60. The molecule has 0 aliphatic heterocycles. The van der Waals surface area contributed by atoms with Crippen LogP contribution in [-0.2, 0) is 0 Å². The van der Waals surface area contributed by atoms with E-state index in [1.54, 1.807) is 0 Å². The second-order valence-corrected chi connectivity index (χ2v) is 3.07. The second kappa shape index (κ2) is 4.48. The fourth-order valence-corrected chi connectivity index (χ4v) is 1.10. The lowest BCUT2D eigenvalue weighted by Gasteiger charge is -1.98. The second-order valence-electron chi connectivity index (χ2n) is 2.29. The molecule has 0 atom stereocenters. The van der Waals surface area contributed by atoms with Crippen LogP contribution in [0.25, 0.3) is 0 Å². The van der Waals surface area contributed by atoms with Crippen LogP contribution in [0, 0.1) is 0 Å². The van der Waals surface area contributed by atoms with Gasteiger partial charge in [-0.05, 0) is 6.07 Å². The Labute approximate surface area is 84.2 Å². The molecule has 0 aromatic carbocycles. The number of rotatable bonds is 3. The number of halogens is 3. The normalized spacial score (nSPS) is 10.1. The van der Waals surface area contributed by atoms with Gasteiger partial charge in [0.15, 0.2) is 0 Å². The predicted molar refractivity (Wildman–Crippen MR) is 49.1 cm³/mol. The van der Waals surface area contributed by atoms with Crippen LogP contribution in [-0.4, -0.2) is 24.1 Å². The Bertz CT molecular complexity index is 294. The molecule has 6 heteroatoms. The molecule has 0 spiro atoms. The van der Waals surface area contributed by atoms with Gasteiger partial charge in [-0.3, -0.25) is 4.79 Å². The van der Waals surface area contributed by atoms with Gasteiger partial charge < -0.3 is 10.3 Å². The van der Waals surface area contributed by atoms with Gasteiger partial charge in [-0.1, -0.05) is 23.2 Å². The molecule has 1 amide bonds. The Morgan fingerprint density at radius 3 is 2.77 bits per heavy atom. The minimum Gasteiger partial charge on any atom is -0.348 e. The Morgan fingerprint density at radius 2 is 2.31 bits per heavy atom. The molecular formula is C7H7Cl2FN2O. The summed E-state index contributed by atoms with van der Waals surface area (Å²) in [6.45, 7) is -0.624. The van der Waals surface area contributed by atoms with Crippen molar-refractivity contribution < 1.29 is 9.18 Å². The van der Waals surface area contributed by atoms with Crippen LogP contribution < -0.4 is 5.32 Å². The van der Waals surface area contributed by atoms with Crippen molar-refractivity contribution in [2.75, 3.05) is 13.2 Å². The summed E-state index contributed by atoms with van der Waals surface area (Å²) in [6, 6.07) is 1.39. The van der Waals surface area contributed by atoms with E-state index in [1.165, 1.54) is 6.07 Å². The number of H-pyrrole nitrogens is 1. The molecule has 0 aliphatic rings. The Morgan fingerprint density at radius 1 is 1.62 bits per heavy atom. The number of nitrogens with one attached hydrogen (secondary N) is 2. The van der Waals surface area contributed by atoms with E-state index in [-0.39, 0.29) is 22.4 Å². The van der Waals surface area contributed by atoms with E-state index in [2.05, 4.69) is 10.3 Å². The monoisotopic (exact) mass is 224 g/mol. The van der Waals surface area contributed by atoms with E-state index < -0.39 is 12.6 Å². The highest BCUT2D eigenvalue weighted by Crippen LogP contribution is 2.21. The maximum Gasteiger partial charge on any atom is 0.267 e. The third-order valence-electron chi connectivity index (χ3n) is 1.35. The molecular weight excluding hydrogens is 218 g/mol. The molecule has 13 heavy (non-hydrogen) atoms. The van der Waals surface area contributed by atoms with Crippen molar-refractivity contribution in [1.82, 2.24) is 10.3 Å². The highest BCUT2D eigenvalue weighted by atomic mass is 35.5. The number of carbonyl (C=O) groups is 1. The number of alkyl halides is 1. The van der Waals surface area contributed by atoms with Crippen LogP contribution in [0.2, 0.25) is 10.2 Å². The van der Waals surface area contributed by atoms with Crippen molar-refractivity contribution in [3.63, 3.8) is 0 Å². The van der Waals surface area contributed by atoms with Gasteiger partial charge in [-0.25, -0.2) is 4.39 Å². The first-order chi connectivity index (χ1) is 6.15. The molecule has 1 heterocycles. The molecule has 1 aromatic rings. The highest BCUT2D eigenvalue weighted by Gasteiger charge is 2.10. The van der Waals surface area contributed by atoms with Gasteiger partial charge in [0, 0.05) is 6.54 Å². The SMILES string of the molecule is O=C(NCCF)c1cc(Cl)c(Cl)[nH]1. The molecule has 0 saturated heterocycles. The molecule has 72 valence electrons. The van der Waals surface area contributed by atoms with E-state index in [9.17, 15) is 9.18 Å². The Hall–Kier alpha value is -0.740. The van der Waals surface area contributed by atoms with Crippen LogP contribution in [0.5, 0.6) is 0 Å². The van der Waals surface area contributed by atoms with Crippen molar-refractivity contribution in [2.24, 2.45) is 0 Å². The average molecular weight is 225 g/mol. The lowest BCUT2D eigenvalue weighted by Crippen LogP contribution is -2.25. The Kier molecular flexibility index (Phi) is 3.57. The topological polar surface area (TPSA) is 44.9 Å². The van der Waals surface area contributed by atoms with Crippen LogP contribution in [0.4, 0.5) is 4.39 Å². The minimum absolute atomic E-state index is 0.0207. The molecule has 1 rings (SSSR count). The first-order valence-electron chi connectivity index (χ1n) is 3.53. The molecule has 0 unspecified atom stereocenters. The highest BCUT2D eigenvalue weighted by molar-refractivity contribution is 6.41. The number of amides is 1. The van der Waals surface area contributed by atoms with Crippen LogP contribution in [0.1, 0.15) is 10.5 Å². The zero-order chi connectivity index (χ0) is 9.84. The Balaban J connectivity index is 2.66. The quantitative estimate of drug-likeness (QED) is 0.811. The summed E-state index contributed by atoms with van der Waals surface area (Å²) >= 11 is 11.2. The van der Waals surface area contributed by atoms with Crippen molar-refractivity contribution in [3.8, 4) is 0 Å². The number of aromatic nitrogens is 1. The number of aromatic amines is 1. The zero-order valence-corrected chi connectivity index (χ0v) is 8.05. The standard InChI is InChI=1S/C7H7Cl2FN2O/c8-4-3-5(12-6(4)9)7(13)11-2-1-10/h3,12H,1-2H2,(H,11,13). The molecule has 0 bridgehead atoms. The first kappa shape index (κ1) is 10.3. The molecule has 3 nitrogen and oxygen atoms in total. The summed E-state index contributed by atoms with van der Waals surface area (Å²) in [6.07, 6.45) is 0. The van der Waals surface area contributed by atoms with Crippen LogP contribution in [0.15, 0.2) is 6.07 Å². The first-order valence-corrected chi connectivity index (χ1v) is 4.29. The van der Waals surface area contributed by atoms with Gasteiger partial charge in [-0.2, -0.15) is 0 Å². The average Bonchev–Trinajstić information content (AvgIpc) is 2.43. The lowest BCUT2D eigenvalue weighted by atomic mass is 10.4. The number of carbonyl (C=O) groups excluding carboxylic acids is 1. The lowest BCUT2D eigenvalue weighted by molar-refractivity contribution is 0.0946. The number of hydrogen-bond acceptors (Lipinski definition) is 1. The summed E-state index contributed by atoms with van der Waals surface area (Å²) in [5, 5.41) is 2.80. The van der Waals surface area contributed by atoms with Gasteiger partial charge in [-0.15, -0.1) is 0 Å². The van der Waals surface area contributed by atoms with Crippen molar-refractivity contribution in [3.05, 3.63) is 21.9 Å². The maximum atomic E-state index is 11.7. The molecule has 2 N–H and O–H groups in total. The smallest absolute Gasteiger partial charge is 0.267 e. The molecule has 0 aliphatic carbocycles. The summed E-state index contributed by atoms with van der Waals surface area (Å²) in [5.41, 5.74) is 0.225. The fraction of sp³-hybridized carbons (Fsp3) is 0.286. The van der Waals surface area contributed by atoms with Crippen molar-refractivity contribution in [2.45, 2.75) is 0 Å². The van der Waals surface area contributed by atoms with Gasteiger partial charge in [0.1, 0.15) is 17.5 Å². The van der Waals surface area contributed by atoms with E-state index in [0.717, 1.165) is 0 Å². The largest absolute Gasteiger partial charge is 0.348 e. The van der Waals surface area contributed by atoms with Crippen molar-refractivity contribution in [1.29, 1.82) is 0 Å². The molecule has 0 saturated carbocycles.